The molecule has 0 fully saturated rings. The summed E-state index contributed by atoms with van der Waals surface area (Å²) in [6.07, 6.45) is 1.08. The van der Waals surface area contributed by atoms with Crippen LogP contribution in [0.5, 0.6) is 5.75 Å². The molecule has 0 heterocycles. The van der Waals surface area contributed by atoms with Gasteiger partial charge in [-0.2, -0.15) is 0 Å². The van der Waals surface area contributed by atoms with Gasteiger partial charge < -0.3 is 14.6 Å². The normalized spacial score (nSPS) is 15.6. The Morgan fingerprint density at radius 1 is 1.11 bits per heavy atom. The number of benzene rings is 2. The van der Waals surface area contributed by atoms with Gasteiger partial charge in [0.25, 0.3) is 0 Å². The van der Waals surface area contributed by atoms with Crippen molar-refractivity contribution in [2.45, 2.75) is 52.0 Å². The van der Waals surface area contributed by atoms with E-state index in [0.29, 0.717) is 30.8 Å². The predicted octanol–water partition coefficient (Wildman–Crippen LogP) is 4.89. The largest absolute Gasteiger partial charge is 0.489 e. The summed E-state index contributed by atoms with van der Waals surface area (Å²) in [5.41, 5.74) is -0.864. The standard InChI is InChI=1S/C24H32O4/c1-23(2,18-25)14-9-15-24(3,22(26)27-4)20-12-8-13-21(16-20)28-17-19-10-6-5-7-11-19/h5-8,10-13,16,25H,9,14-15,17-18H2,1-4H3/i3D3. The number of rotatable bonds is 10. The summed E-state index contributed by atoms with van der Waals surface area (Å²) < 4.78 is 35.6. The van der Waals surface area contributed by atoms with Crippen LogP contribution in [0.1, 0.15) is 55.2 Å². The van der Waals surface area contributed by atoms with E-state index in [0.717, 1.165) is 5.56 Å². The molecule has 0 radical (unpaired) electrons. The molecule has 0 spiro atoms. The molecule has 0 bridgehead atoms. The molecule has 4 nitrogen and oxygen atoms in total. The van der Waals surface area contributed by atoms with E-state index in [2.05, 4.69) is 0 Å². The van der Waals surface area contributed by atoms with Crippen molar-refractivity contribution in [1.29, 1.82) is 0 Å². The topological polar surface area (TPSA) is 55.8 Å². The Labute approximate surface area is 172 Å². The summed E-state index contributed by atoms with van der Waals surface area (Å²) in [6, 6.07) is 16.3. The van der Waals surface area contributed by atoms with E-state index in [1.165, 1.54) is 7.11 Å². The van der Waals surface area contributed by atoms with Crippen LogP contribution in [-0.2, 0) is 21.6 Å². The number of aliphatic hydroxyl groups is 1. The van der Waals surface area contributed by atoms with Crippen LogP contribution in [0.2, 0.25) is 0 Å². The molecule has 2 rings (SSSR count). The smallest absolute Gasteiger partial charge is 0.315 e. The minimum absolute atomic E-state index is 0.0190. The number of methoxy groups -OCH3 is 1. The van der Waals surface area contributed by atoms with Crippen molar-refractivity contribution in [2.75, 3.05) is 13.7 Å². The van der Waals surface area contributed by atoms with Gasteiger partial charge >= 0.3 is 5.97 Å². The molecular formula is C24H32O4. The van der Waals surface area contributed by atoms with Crippen molar-refractivity contribution < 1.29 is 23.5 Å². The van der Waals surface area contributed by atoms with Crippen molar-refractivity contribution >= 4 is 5.97 Å². The zero-order valence-electron chi connectivity index (χ0n) is 19.9. The van der Waals surface area contributed by atoms with Gasteiger partial charge in [0.1, 0.15) is 12.4 Å². The summed E-state index contributed by atoms with van der Waals surface area (Å²) in [4.78, 5) is 12.9. The van der Waals surface area contributed by atoms with Crippen LogP contribution in [0.25, 0.3) is 0 Å². The molecule has 1 unspecified atom stereocenters. The quantitative estimate of drug-likeness (QED) is 0.590. The maximum atomic E-state index is 12.9. The van der Waals surface area contributed by atoms with Crippen LogP contribution in [0.3, 0.4) is 0 Å². The van der Waals surface area contributed by atoms with E-state index >= 15 is 0 Å². The number of ether oxygens (including phenoxy) is 2. The maximum Gasteiger partial charge on any atom is 0.315 e. The Morgan fingerprint density at radius 3 is 2.50 bits per heavy atom. The molecule has 0 amide bonds. The van der Waals surface area contributed by atoms with Crippen LogP contribution >= 0.6 is 0 Å². The highest BCUT2D eigenvalue weighted by molar-refractivity contribution is 5.82. The molecule has 2 aromatic carbocycles. The monoisotopic (exact) mass is 387 g/mol. The highest BCUT2D eigenvalue weighted by Crippen LogP contribution is 2.35. The SMILES string of the molecule is [2H]C([2H])([2H])C(CCCC(C)(C)CO)(C(=O)OC)c1cccc(OCc2ccccc2)c1. The molecule has 0 saturated heterocycles. The van der Waals surface area contributed by atoms with Crippen LogP contribution in [0.15, 0.2) is 54.6 Å². The van der Waals surface area contributed by atoms with Gasteiger partial charge in [-0.25, -0.2) is 0 Å². The van der Waals surface area contributed by atoms with Gasteiger partial charge in [-0.1, -0.05) is 62.7 Å². The summed E-state index contributed by atoms with van der Waals surface area (Å²) >= 11 is 0. The van der Waals surface area contributed by atoms with E-state index in [9.17, 15) is 9.90 Å². The van der Waals surface area contributed by atoms with E-state index in [1.807, 2.05) is 44.2 Å². The third kappa shape index (κ3) is 5.83. The van der Waals surface area contributed by atoms with Gasteiger partial charge in [-0.15, -0.1) is 0 Å². The van der Waals surface area contributed by atoms with Gasteiger partial charge in [0.05, 0.1) is 12.5 Å². The van der Waals surface area contributed by atoms with E-state index in [4.69, 9.17) is 13.6 Å². The van der Waals surface area contributed by atoms with Crippen LogP contribution in [0, 0.1) is 5.41 Å². The third-order valence-corrected chi connectivity index (χ3v) is 4.94. The molecule has 2 aromatic rings. The van der Waals surface area contributed by atoms with Gasteiger partial charge in [0.15, 0.2) is 0 Å². The Bertz CT molecular complexity index is 849. The number of carbonyl (C=O) groups excluding carboxylic acids is 1. The Balaban J connectivity index is 2.37. The molecule has 0 aliphatic carbocycles. The summed E-state index contributed by atoms with van der Waals surface area (Å²) in [5, 5.41) is 9.53. The summed E-state index contributed by atoms with van der Waals surface area (Å²) in [5.74, 6) is -0.316. The van der Waals surface area contributed by atoms with Crippen LogP contribution < -0.4 is 4.74 Å². The third-order valence-electron chi connectivity index (χ3n) is 4.94. The molecule has 1 atom stereocenters. The first kappa shape index (κ1) is 17.7. The zero-order valence-corrected chi connectivity index (χ0v) is 16.9. The van der Waals surface area contributed by atoms with Crippen molar-refractivity contribution in [3.05, 3.63) is 65.7 Å². The molecule has 0 aromatic heterocycles. The first-order valence-corrected chi connectivity index (χ1v) is 9.52. The van der Waals surface area contributed by atoms with Crippen LogP contribution in [0.4, 0.5) is 0 Å². The highest BCUT2D eigenvalue weighted by atomic mass is 16.5. The fourth-order valence-electron chi connectivity index (χ4n) is 3.04. The lowest BCUT2D eigenvalue weighted by Crippen LogP contribution is -2.34. The van der Waals surface area contributed by atoms with Gasteiger partial charge in [-0.05, 0) is 48.4 Å². The lowest BCUT2D eigenvalue weighted by atomic mass is 9.76. The molecule has 28 heavy (non-hydrogen) atoms. The minimum atomic E-state index is -2.62. The Hall–Kier alpha value is -2.33. The number of aliphatic hydroxyl groups excluding tert-OH is 1. The van der Waals surface area contributed by atoms with E-state index in [1.54, 1.807) is 24.3 Å². The van der Waals surface area contributed by atoms with Gasteiger partial charge in [-0.3, -0.25) is 4.79 Å². The average molecular weight is 388 g/mol. The first-order chi connectivity index (χ1) is 14.6. The van der Waals surface area contributed by atoms with Crippen LogP contribution in [-0.4, -0.2) is 24.8 Å². The second kappa shape index (κ2) is 9.74. The second-order valence-corrected chi connectivity index (χ2v) is 7.87. The van der Waals surface area contributed by atoms with E-state index < -0.39 is 18.2 Å². The molecule has 0 aliphatic heterocycles. The van der Waals surface area contributed by atoms with Crippen molar-refractivity contribution in [2.24, 2.45) is 5.41 Å². The molecule has 0 saturated carbocycles. The molecule has 0 aliphatic rings. The van der Waals surface area contributed by atoms with E-state index in [-0.39, 0.29) is 18.4 Å². The zero-order chi connectivity index (χ0) is 23.1. The molecule has 4 heteroatoms. The second-order valence-electron chi connectivity index (χ2n) is 7.87. The minimum Gasteiger partial charge on any atom is -0.489 e. The Morgan fingerprint density at radius 2 is 1.86 bits per heavy atom. The van der Waals surface area contributed by atoms with Gasteiger partial charge in [0, 0.05) is 10.7 Å². The van der Waals surface area contributed by atoms with Crippen molar-refractivity contribution in [3.8, 4) is 5.75 Å². The maximum absolute atomic E-state index is 12.9. The fraction of sp³-hybridized carbons (Fsp3) is 0.458. The number of carbonyl (C=O) groups is 1. The highest BCUT2D eigenvalue weighted by Gasteiger charge is 2.36. The number of esters is 1. The number of hydrogen-bond acceptors (Lipinski definition) is 4. The average Bonchev–Trinajstić information content (AvgIpc) is 2.75. The lowest BCUT2D eigenvalue weighted by molar-refractivity contribution is -0.147. The lowest BCUT2D eigenvalue weighted by Gasteiger charge is -2.29. The van der Waals surface area contributed by atoms with Gasteiger partial charge in [0.2, 0.25) is 0 Å². The fourth-order valence-corrected chi connectivity index (χ4v) is 3.04. The summed E-state index contributed by atoms with van der Waals surface area (Å²) in [7, 11) is 1.20. The molecular weight excluding hydrogens is 352 g/mol. The summed E-state index contributed by atoms with van der Waals surface area (Å²) in [6.45, 7) is 1.49. The molecule has 152 valence electrons. The molecule has 1 N–H and O–H groups in total. The Kier molecular flexibility index (Phi) is 6.17. The number of hydrogen-bond donors (Lipinski definition) is 1. The predicted molar refractivity (Wildman–Crippen MR) is 111 cm³/mol. The van der Waals surface area contributed by atoms with Crippen molar-refractivity contribution in [3.63, 3.8) is 0 Å². The first-order valence-electron chi connectivity index (χ1n) is 11.0. The van der Waals surface area contributed by atoms with Crippen molar-refractivity contribution in [1.82, 2.24) is 0 Å².